The summed E-state index contributed by atoms with van der Waals surface area (Å²) in [6.07, 6.45) is 5.72. The van der Waals surface area contributed by atoms with E-state index in [1.807, 2.05) is 0 Å². The van der Waals surface area contributed by atoms with Gasteiger partial charge in [0.25, 0.3) is 0 Å². The highest BCUT2D eigenvalue weighted by Crippen LogP contribution is 2.13. The van der Waals surface area contributed by atoms with Gasteiger partial charge in [0.15, 0.2) is 0 Å². The Hall–Kier alpha value is -0.410. The lowest BCUT2D eigenvalue weighted by Crippen LogP contribution is -2.37. The second-order valence-electron chi connectivity index (χ2n) is 4.44. The number of hydrogen-bond donors (Lipinski definition) is 0. The topological polar surface area (TPSA) is 29.5 Å². The van der Waals surface area contributed by atoms with Crippen LogP contribution in [0.4, 0.5) is 0 Å². The summed E-state index contributed by atoms with van der Waals surface area (Å²) in [5, 5.41) is 0. The van der Waals surface area contributed by atoms with Crippen molar-refractivity contribution in [3.8, 4) is 0 Å². The lowest BCUT2D eigenvalue weighted by molar-refractivity contribution is -0.117. The van der Waals surface area contributed by atoms with Crippen molar-refractivity contribution in [3.63, 3.8) is 0 Å². The Balaban J connectivity index is 2.01. The lowest BCUT2D eigenvalue weighted by Gasteiger charge is -2.31. The van der Waals surface area contributed by atoms with Gasteiger partial charge in [-0.05, 0) is 39.2 Å². The maximum atomic E-state index is 10.7. The van der Waals surface area contributed by atoms with Crippen LogP contribution in [-0.4, -0.2) is 43.5 Å². The molecule has 1 saturated heterocycles. The molecule has 0 radical (unpaired) electrons. The fourth-order valence-corrected chi connectivity index (χ4v) is 2.08. The van der Waals surface area contributed by atoms with Crippen LogP contribution in [0.1, 0.15) is 39.0 Å². The molecule has 0 aromatic rings. The quantitative estimate of drug-likeness (QED) is 0.631. The average molecular weight is 213 g/mol. The number of nitrogens with zero attached hydrogens (tertiary/aromatic N) is 1. The Labute approximate surface area is 92.8 Å². The van der Waals surface area contributed by atoms with Crippen molar-refractivity contribution >= 4 is 5.78 Å². The molecule has 0 amide bonds. The number of methoxy groups -OCH3 is 1. The molecule has 1 aliphatic rings. The molecule has 0 aromatic carbocycles. The van der Waals surface area contributed by atoms with Crippen molar-refractivity contribution in [1.29, 1.82) is 0 Å². The van der Waals surface area contributed by atoms with Gasteiger partial charge in [-0.1, -0.05) is 0 Å². The van der Waals surface area contributed by atoms with Crippen LogP contribution >= 0.6 is 0 Å². The summed E-state index contributed by atoms with van der Waals surface area (Å²) in [5.74, 6) is 0.313. The van der Waals surface area contributed by atoms with E-state index in [-0.39, 0.29) is 0 Å². The molecule has 15 heavy (non-hydrogen) atoms. The van der Waals surface area contributed by atoms with E-state index in [9.17, 15) is 4.79 Å². The van der Waals surface area contributed by atoms with Crippen LogP contribution in [0, 0.1) is 0 Å². The van der Waals surface area contributed by atoms with Gasteiger partial charge in [-0.2, -0.15) is 0 Å². The molecule has 1 rings (SSSR count). The Bertz CT molecular complexity index is 186. The SMILES string of the molecule is COC1CCN(CCCCC(C)=O)CC1. The zero-order valence-corrected chi connectivity index (χ0v) is 10.00. The Morgan fingerprint density at radius 3 is 2.53 bits per heavy atom. The molecule has 0 aromatic heterocycles. The van der Waals surface area contributed by atoms with E-state index in [1.54, 1.807) is 14.0 Å². The van der Waals surface area contributed by atoms with Crippen LogP contribution in [0.15, 0.2) is 0 Å². The molecule has 3 heteroatoms. The first-order chi connectivity index (χ1) is 7.22. The highest BCUT2D eigenvalue weighted by molar-refractivity contribution is 5.75. The summed E-state index contributed by atoms with van der Waals surface area (Å²) < 4.78 is 5.33. The van der Waals surface area contributed by atoms with Crippen LogP contribution in [-0.2, 0) is 9.53 Å². The molecule has 1 fully saturated rings. The maximum absolute atomic E-state index is 10.7. The van der Waals surface area contributed by atoms with E-state index in [1.165, 1.54) is 0 Å². The first-order valence-electron chi connectivity index (χ1n) is 5.97. The van der Waals surface area contributed by atoms with E-state index < -0.39 is 0 Å². The fraction of sp³-hybridized carbons (Fsp3) is 0.917. The predicted molar refractivity (Wildman–Crippen MR) is 61.0 cm³/mol. The van der Waals surface area contributed by atoms with E-state index in [0.29, 0.717) is 11.9 Å². The van der Waals surface area contributed by atoms with Gasteiger partial charge in [0, 0.05) is 26.6 Å². The first kappa shape index (κ1) is 12.7. The second-order valence-corrected chi connectivity index (χ2v) is 4.44. The molecule has 0 bridgehead atoms. The molecule has 0 spiro atoms. The summed E-state index contributed by atoms with van der Waals surface area (Å²) in [4.78, 5) is 13.2. The summed E-state index contributed by atoms with van der Waals surface area (Å²) in [5.41, 5.74) is 0. The number of hydrogen-bond acceptors (Lipinski definition) is 3. The minimum atomic E-state index is 0.313. The van der Waals surface area contributed by atoms with Crippen molar-refractivity contribution in [3.05, 3.63) is 0 Å². The third-order valence-electron chi connectivity index (χ3n) is 3.12. The van der Waals surface area contributed by atoms with E-state index in [0.717, 1.165) is 51.7 Å². The fourth-order valence-electron chi connectivity index (χ4n) is 2.08. The number of likely N-dealkylation sites (tertiary alicyclic amines) is 1. The van der Waals surface area contributed by atoms with Gasteiger partial charge in [0.05, 0.1) is 6.10 Å². The molecular weight excluding hydrogens is 190 g/mol. The number of ketones is 1. The molecule has 88 valence electrons. The van der Waals surface area contributed by atoms with Crippen molar-refractivity contribution in [2.75, 3.05) is 26.7 Å². The normalized spacial score (nSPS) is 19.3. The third kappa shape index (κ3) is 5.28. The molecule has 0 unspecified atom stereocenters. The largest absolute Gasteiger partial charge is 0.381 e. The number of ether oxygens (including phenoxy) is 1. The predicted octanol–water partition coefficient (Wildman–Crippen LogP) is 1.86. The number of carbonyl (C=O) groups excluding carboxylic acids is 1. The molecule has 1 aliphatic heterocycles. The van der Waals surface area contributed by atoms with Gasteiger partial charge < -0.3 is 14.4 Å². The standard InChI is InChI=1S/C12H23NO2/c1-11(14)5-3-4-8-13-9-6-12(15-2)7-10-13/h12H,3-10H2,1-2H3. The van der Waals surface area contributed by atoms with Gasteiger partial charge in [-0.3, -0.25) is 0 Å². The number of unbranched alkanes of at least 4 members (excludes halogenated alkanes) is 1. The molecule has 3 nitrogen and oxygen atoms in total. The highest BCUT2D eigenvalue weighted by atomic mass is 16.5. The Morgan fingerprint density at radius 1 is 1.33 bits per heavy atom. The lowest BCUT2D eigenvalue weighted by atomic mass is 10.1. The molecular formula is C12H23NO2. The minimum absolute atomic E-state index is 0.313. The smallest absolute Gasteiger partial charge is 0.129 e. The van der Waals surface area contributed by atoms with Crippen molar-refractivity contribution in [2.24, 2.45) is 0 Å². The van der Waals surface area contributed by atoms with E-state index >= 15 is 0 Å². The average Bonchev–Trinajstić information content (AvgIpc) is 2.25. The first-order valence-corrected chi connectivity index (χ1v) is 5.97. The van der Waals surface area contributed by atoms with Gasteiger partial charge >= 0.3 is 0 Å². The van der Waals surface area contributed by atoms with Crippen molar-refractivity contribution < 1.29 is 9.53 Å². The van der Waals surface area contributed by atoms with Crippen LogP contribution in [0.2, 0.25) is 0 Å². The number of carbonyl (C=O) groups is 1. The summed E-state index contributed by atoms with van der Waals surface area (Å²) in [6, 6.07) is 0. The van der Waals surface area contributed by atoms with Crippen LogP contribution in [0.25, 0.3) is 0 Å². The summed E-state index contributed by atoms with van der Waals surface area (Å²) in [6.45, 7) is 5.12. The van der Waals surface area contributed by atoms with Gasteiger partial charge in [0.2, 0.25) is 0 Å². The van der Waals surface area contributed by atoms with E-state index in [2.05, 4.69) is 4.90 Å². The number of rotatable bonds is 6. The number of piperidine rings is 1. The Kier molecular flexibility index (Phi) is 5.88. The van der Waals surface area contributed by atoms with E-state index in [4.69, 9.17) is 4.74 Å². The molecule has 1 heterocycles. The maximum Gasteiger partial charge on any atom is 0.129 e. The summed E-state index contributed by atoms with van der Waals surface area (Å²) in [7, 11) is 1.80. The Morgan fingerprint density at radius 2 is 2.00 bits per heavy atom. The van der Waals surface area contributed by atoms with Gasteiger partial charge in [-0.15, -0.1) is 0 Å². The van der Waals surface area contributed by atoms with Gasteiger partial charge in [-0.25, -0.2) is 0 Å². The zero-order valence-electron chi connectivity index (χ0n) is 10.00. The molecule has 0 saturated carbocycles. The van der Waals surface area contributed by atoms with Crippen LogP contribution < -0.4 is 0 Å². The minimum Gasteiger partial charge on any atom is -0.381 e. The number of Topliss-reactive ketones (excluding diaryl/α,β-unsaturated/α-hetero) is 1. The summed E-state index contributed by atoms with van der Waals surface area (Å²) >= 11 is 0. The van der Waals surface area contributed by atoms with Crippen molar-refractivity contribution in [2.45, 2.75) is 45.1 Å². The third-order valence-corrected chi connectivity index (χ3v) is 3.12. The molecule has 0 aliphatic carbocycles. The van der Waals surface area contributed by atoms with Crippen LogP contribution in [0.3, 0.4) is 0 Å². The molecule has 0 N–H and O–H groups in total. The van der Waals surface area contributed by atoms with Crippen molar-refractivity contribution in [1.82, 2.24) is 4.90 Å². The monoisotopic (exact) mass is 213 g/mol. The second kappa shape index (κ2) is 6.96. The van der Waals surface area contributed by atoms with Crippen LogP contribution in [0.5, 0.6) is 0 Å². The highest BCUT2D eigenvalue weighted by Gasteiger charge is 2.17. The molecule has 0 atom stereocenters. The van der Waals surface area contributed by atoms with Gasteiger partial charge in [0.1, 0.15) is 5.78 Å². The zero-order chi connectivity index (χ0) is 11.1.